The van der Waals surface area contributed by atoms with Crippen LogP contribution in [0.1, 0.15) is 18.9 Å². The van der Waals surface area contributed by atoms with Crippen molar-refractivity contribution in [1.82, 2.24) is 9.88 Å². The smallest absolute Gasteiger partial charge is 0.309 e. The van der Waals surface area contributed by atoms with Crippen LogP contribution < -0.4 is 4.18 Å². The molecule has 0 amide bonds. The number of para-hydroxylation sites is 2. The highest BCUT2D eigenvalue weighted by atomic mass is 32.2. The molecule has 1 aromatic heterocycles. The molecule has 0 N–H and O–H groups in total. The van der Waals surface area contributed by atoms with Crippen molar-refractivity contribution in [2.45, 2.75) is 19.9 Å². The van der Waals surface area contributed by atoms with E-state index in [1.165, 1.54) is 0 Å². The maximum absolute atomic E-state index is 12.2. The lowest BCUT2D eigenvalue weighted by Gasteiger charge is -2.27. The average molecular weight is 416 g/mol. The molecule has 8 heteroatoms. The molecular formula is C21H24N2O5S. The quantitative estimate of drug-likeness (QED) is 0.546. The van der Waals surface area contributed by atoms with Crippen LogP contribution in [0.5, 0.6) is 5.75 Å². The van der Waals surface area contributed by atoms with E-state index in [0.717, 1.165) is 29.7 Å². The lowest BCUT2D eigenvalue weighted by atomic mass is 10.1. The Morgan fingerprint density at radius 2 is 1.93 bits per heavy atom. The van der Waals surface area contributed by atoms with E-state index < -0.39 is 10.1 Å². The molecule has 7 nitrogen and oxygen atoms in total. The predicted molar refractivity (Wildman–Crippen MR) is 110 cm³/mol. The Morgan fingerprint density at radius 1 is 1.14 bits per heavy atom. The second-order valence-corrected chi connectivity index (χ2v) is 8.73. The van der Waals surface area contributed by atoms with Gasteiger partial charge in [-0.25, -0.2) is 4.98 Å². The number of ether oxygens (including phenoxy) is 1. The second-order valence-electron chi connectivity index (χ2n) is 7.04. The molecule has 4 rings (SSSR count). The first-order chi connectivity index (χ1) is 14.0. The molecule has 0 spiro atoms. The van der Waals surface area contributed by atoms with Crippen molar-refractivity contribution in [2.75, 3.05) is 32.1 Å². The molecule has 2 aromatic carbocycles. The van der Waals surface area contributed by atoms with Crippen LogP contribution in [-0.2, 0) is 21.4 Å². The molecular weight excluding hydrogens is 392 g/mol. The van der Waals surface area contributed by atoms with Crippen LogP contribution in [0.4, 0.5) is 0 Å². The molecule has 0 bridgehead atoms. The van der Waals surface area contributed by atoms with Crippen molar-refractivity contribution < 1.29 is 21.8 Å². The Hall–Kier alpha value is -2.42. The van der Waals surface area contributed by atoms with E-state index in [0.29, 0.717) is 43.4 Å². The largest absolute Gasteiger partial charge is 0.436 e. The zero-order valence-corrected chi connectivity index (χ0v) is 17.2. The maximum Gasteiger partial charge on any atom is 0.309 e. The topological polar surface area (TPSA) is 81.9 Å². The average Bonchev–Trinajstić information content (AvgIpc) is 3.14. The lowest BCUT2D eigenvalue weighted by molar-refractivity contribution is 0.0340. The van der Waals surface area contributed by atoms with E-state index in [1.807, 2.05) is 37.3 Å². The SMILES string of the molecule is CCCS(=O)(=O)Oc1ccc(-c2nc3ccccc3o2)cc1CN1CCOCC1. The van der Waals surface area contributed by atoms with Crippen molar-refractivity contribution in [3.05, 3.63) is 48.0 Å². The van der Waals surface area contributed by atoms with Gasteiger partial charge in [-0.05, 0) is 36.8 Å². The lowest BCUT2D eigenvalue weighted by Crippen LogP contribution is -2.35. The Balaban J connectivity index is 1.69. The normalized spacial score (nSPS) is 15.6. The van der Waals surface area contributed by atoms with Gasteiger partial charge >= 0.3 is 10.1 Å². The zero-order valence-electron chi connectivity index (χ0n) is 16.3. The van der Waals surface area contributed by atoms with Gasteiger partial charge in [0.15, 0.2) is 5.58 Å². The van der Waals surface area contributed by atoms with Crippen LogP contribution in [0.2, 0.25) is 0 Å². The number of morpholine rings is 1. The number of oxazole rings is 1. The van der Waals surface area contributed by atoms with Gasteiger partial charge in [-0.1, -0.05) is 19.1 Å². The molecule has 0 unspecified atom stereocenters. The van der Waals surface area contributed by atoms with Crippen LogP contribution >= 0.6 is 0 Å². The van der Waals surface area contributed by atoms with Gasteiger partial charge in [-0.15, -0.1) is 0 Å². The molecule has 0 aliphatic carbocycles. The van der Waals surface area contributed by atoms with Crippen molar-refractivity contribution in [3.63, 3.8) is 0 Å². The van der Waals surface area contributed by atoms with Crippen LogP contribution in [0.15, 0.2) is 46.9 Å². The van der Waals surface area contributed by atoms with Gasteiger partial charge in [-0.3, -0.25) is 4.90 Å². The first-order valence-corrected chi connectivity index (χ1v) is 11.3. The summed E-state index contributed by atoms with van der Waals surface area (Å²) in [7, 11) is -3.63. The number of aromatic nitrogens is 1. The van der Waals surface area contributed by atoms with Gasteiger partial charge in [0.2, 0.25) is 5.89 Å². The minimum atomic E-state index is -3.63. The van der Waals surface area contributed by atoms with Crippen molar-refractivity contribution in [2.24, 2.45) is 0 Å². The van der Waals surface area contributed by atoms with Crippen molar-refractivity contribution >= 4 is 21.2 Å². The van der Waals surface area contributed by atoms with Gasteiger partial charge < -0.3 is 13.3 Å². The van der Waals surface area contributed by atoms with Crippen LogP contribution in [0, 0.1) is 0 Å². The molecule has 1 fully saturated rings. The Kier molecular flexibility index (Phi) is 5.84. The van der Waals surface area contributed by atoms with Crippen LogP contribution in [0.3, 0.4) is 0 Å². The van der Waals surface area contributed by atoms with Crippen molar-refractivity contribution in [1.29, 1.82) is 0 Å². The monoisotopic (exact) mass is 416 g/mol. The van der Waals surface area contributed by atoms with Crippen LogP contribution in [0.25, 0.3) is 22.6 Å². The number of benzene rings is 2. The standard InChI is InChI=1S/C21H24N2O5S/c1-2-13-29(24,25)28-19-8-7-16(14-17(19)15-23-9-11-26-12-10-23)21-22-18-5-3-4-6-20(18)27-21/h3-8,14H,2,9-13,15H2,1H3. The van der Waals surface area contributed by atoms with Gasteiger partial charge in [0.1, 0.15) is 11.3 Å². The maximum atomic E-state index is 12.2. The molecule has 154 valence electrons. The highest BCUT2D eigenvalue weighted by Gasteiger charge is 2.19. The Labute approximate surface area is 170 Å². The third kappa shape index (κ3) is 4.77. The summed E-state index contributed by atoms with van der Waals surface area (Å²) >= 11 is 0. The molecule has 29 heavy (non-hydrogen) atoms. The number of hydrogen-bond acceptors (Lipinski definition) is 7. The summed E-state index contributed by atoms with van der Waals surface area (Å²) < 4.78 is 41.2. The predicted octanol–water partition coefficient (Wildman–Crippen LogP) is 3.45. The minimum Gasteiger partial charge on any atom is -0.436 e. The summed E-state index contributed by atoms with van der Waals surface area (Å²) in [5.41, 5.74) is 3.06. The third-order valence-corrected chi connectivity index (χ3v) is 6.11. The number of nitrogens with zero attached hydrogens (tertiary/aromatic N) is 2. The number of hydrogen-bond donors (Lipinski definition) is 0. The van der Waals surface area contributed by atoms with Crippen molar-refractivity contribution in [3.8, 4) is 17.2 Å². The summed E-state index contributed by atoms with van der Waals surface area (Å²) in [5, 5.41) is 0. The van der Waals surface area contributed by atoms with E-state index in [1.54, 1.807) is 12.1 Å². The molecule has 0 radical (unpaired) electrons. The van der Waals surface area contributed by atoms with Gasteiger partial charge in [0.05, 0.1) is 19.0 Å². The van der Waals surface area contributed by atoms with Crippen LogP contribution in [-0.4, -0.2) is 50.4 Å². The summed E-state index contributed by atoms with van der Waals surface area (Å²) in [6.45, 7) is 5.27. The third-order valence-electron chi connectivity index (χ3n) is 4.77. The number of fused-ring (bicyclic) bond motifs is 1. The molecule has 0 atom stereocenters. The van der Waals surface area contributed by atoms with E-state index in [9.17, 15) is 8.42 Å². The molecule has 2 heterocycles. The zero-order chi connectivity index (χ0) is 20.3. The molecule has 1 saturated heterocycles. The molecule has 0 saturated carbocycles. The molecule has 1 aliphatic heterocycles. The summed E-state index contributed by atoms with van der Waals surface area (Å²) in [5.74, 6) is 0.832. The number of rotatable bonds is 7. The summed E-state index contributed by atoms with van der Waals surface area (Å²) in [6, 6.07) is 12.9. The van der Waals surface area contributed by atoms with E-state index in [2.05, 4.69) is 9.88 Å². The van der Waals surface area contributed by atoms with E-state index in [-0.39, 0.29) is 5.75 Å². The van der Waals surface area contributed by atoms with Gasteiger partial charge in [0, 0.05) is 30.8 Å². The van der Waals surface area contributed by atoms with E-state index >= 15 is 0 Å². The highest BCUT2D eigenvalue weighted by molar-refractivity contribution is 7.87. The fourth-order valence-corrected chi connectivity index (χ4v) is 4.36. The second kappa shape index (κ2) is 8.52. The molecule has 1 aliphatic rings. The minimum absolute atomic E-state index is 0.0170. The Bertz CT molecular complexity index is 1050. The van der Waals surface area contributed by atoms with Gasteiger partial charge in [0.25, 0.3) is 0 Å². The van der Waals surface area contributed by atoms with E-state index in [4.69, 9.17) is 13.3 Å². The highest BCUT2D eigenvalue weighted by Crippen LogP contribution is 2.30. The molecule has 3 aromatic rings. The first-order valence-electron chi connectivity index (χ1n) is 9.75. The fraction of sp³-hybridized carbons (Fsp3) is 0.381. The Morgan fingerprint density at radius 3 is 2.69 bits per heavy atom. The fourth-order valence-electron chi connectivity index (χ4n) is 3.34. The summed E-state index contributed by atoms with van der Waals surface area (Å²) in [6.07, 6.45) is 0.502. The summed E-state index contributed by atoms with van der Waals surface area (Å²) in [4.78, 5) is 6.76. The first kappa shape index (κ1) is 19.9. The van der Waals surface area contributed by atoms with Gasteiger partial charge in [-0.2, -0.15) is 8.42 Å².